The molecule has 0 spiro atoms. The van der Waals surface area contributed by atoms with E-state index in [1.807, 2.05) is 36.4 Å². The van der Waals surface area contributed by atoms with Crippen molar-refractivity contribution >= 4 is 29.4 Å². The summed E-state index contributed by atoms with van der Waals surface area (Å²) in [6, 6.07) is 11.0. The lowest BCUT2D eigenvalue weighted by atomic mass is 10.3. The van der Waals surface area contributed by atoms with Gasteiger partial charge in [-0.25, -0.2) is 9.97 Å². The van der Waals surface area contributed by atoms with Crippen molar-refractivity contribution in [3.63, 3.8) is 0 Å². The molecule has 2 aromatic rings. The Balaban J connectivity index is 1.97. The fourth-order valence-corrected chi connectivity index (χ4v) is 3.90. The Morgan fingerprint density at radius 3 is 2.26 bits per heavy atom. The third-order valence-corrected chi connectivity index (χ3v) is 5.28. The number of carbonyl (C=O) groups is 1. The Labute approximate surface area is 142 Å². The molecule has 0 aromatic carbocycles. The van der Waals surface area contributed by atoms with Gasteiger partial charge in [0.15, 0.2) is 6.23 Å². The second kappa shape index (κ2) is 7.14. The predicted molar refractivity (Wildman–Crippen MR) is 89.1 cm³/mol. The van der Waals surface area contributed by atoms with Crippen molar-refractivity contribution < 1.29 is 9.90 Å². The smallest absolute Gasteiger partial charge is 0.273 e. The number of amides is 1. The van der Waals surface area contributed by atoms with Crippen LogP contribution in [-0.4, -0.2) is 39.3 Å². The molecule has 0 radical (unpaired) electrons. The minimum absolute atomic E-state index is 0.271. The van der Waals surface area contributed by atoms with Gasteiger partial charge in [-0.3, -0.25) is 10.2 Å². The van der Waals surface area contributed by atoms with Crippen LogP contribution in [0.5, 0.6) is 0 Å². The van der Waals surface area contributed by atoms with Crippen LogP contribution in [0.4, 0.5) is 0 Å². The zero-order chi connectivity index (χ0) is 16.2. The number of aliphatic hydroxyl groups is 1. The van der Waals surface area contributed by atoms with Crippen LogP contribution in [0.1, 0.15) is 0 Å². The van der Waals surface area contributed by atoms with E-state index in [0.717, 1.165) is 0 Å². The standard InChI is InChI=1S/C15H14N4O2S2/c1-19-15(21)13(23-11-7-3-5-9-17-11)12(14(20)18-19)22-10-6-2-4-8-16-10/h2-9,15,21H,1H3,(H,18,20). The summed E-state index contributed by atoms with van der Waals surface area (Å²) < 4.78 is 0. The molecule has 23 heavy (non-hydrogen) atoms. The van der Waals surface area contributed by atoms with Crippen molar-refractivity contribution in [1.82, 2.24) is 20.4 Å². The van der Waals surface area contributed by atoms with E-state index in [2.05, 4.69) is 15.4 Å². The first-order valence-electron chi connectivity index (χ1n) is 6.79. The summed E-state index contributed by atoms with van der Waals surface area (Å²) in [5.74, 6) is -0.271. The number of aliphatic hydroxyl groups excluding tert-OH is 1. The third-order valence-electron chi connectivity index (χ3n) is 3.01. The second-order valence-corrected chi connectivity index (χ2v) is 6.75. The maximum atomic E-state index is 12.4. The number of likely N-dealkylation sites (N-methyl/N-ethyl adjacent to an activating group) is 1. The van der Waals surface area contributed by atoms with Crippen LogP contribution in [-0.2, 0) is 4.79 Å². The lowest BCUT2D eigenvalue weighted by Crippen LogP contribution is -2.50. The molecule has 2 aromatic heterocycles. The number of hydrogen-bond donors (Lipinski definition) is 2. The number of hydrazine groups is 1. The third kappa shape index (κ3) is 3.73. The van der Waals surface area contributed by atoms with Gasteiger partial charge >= 0.3 is 0 Å². The van der Waals surface area contributed by atoms with E-state index in [1.165, 1.54) is 28.5 Å². The summed E-state index contributed by atoms with van der Waals surface area (Å²) in [5.41, 5.74) is 2.62. The average molecular weight is 346 g/mol. The quantitative estimate of drug-likeness (QED) is 0.875. The normalized spacial score (nSPS) is 18.9. The molecule has 0 saturated carbocycles. The molecule has 0 saturated heterocycles. The van der Waals surface area contributed by atoms with Crippen molar-refractivity contribution in [3.8, 4) is 0 Å². The zero-order valence-corrected chi connectivity index (χ0v) is 13.8. The highest BCUT2D eigenvalue weighted by Crippen LogP contribution is 2.39. The van der Waals surface area contributed by atoms with Gasteiger partial charge in [0.05, 0.1) is 9.81 Å². The first-order chi connectivity index (χ1) is 11.1. The van der Waals surface area contributed by atoms with Crippen LogP contribution < -0.4 is 5.43 Å². The fourth-order valence-electron chi connectivity index (χ4n) is 1.90. The number of pyridine rings is 2. The molecule has 1 amide bonds. The van der Waals surface area contributed by atoms with Gasteiger partial charge in [-0.05, 0) is 24.3 Å². The van der Waals surface area contributed by atoms with Gasteiger partial charge < -0.3 is 5.11 Å². The molecule has 118 valence electrons. The minimum Gasteiger partial charge on any atom is -0.372 e. The SMILES string of the molecule is CN1NC(=O)C(Sc2ccccn2)=C(Sc2ccccn2)C1O. The van der Waals surface area contributed by atoms with E-state index in [9.17, 15) is 9.90 Å². The molecule has 1 atom stereocenters. The number of thioether (sulfide) groups is 2. The molecular formula is C15H14N4O2S2. The lowest BCUT2D eigenvalue weighted by molar-refractivity contribution is -0.126. The number of hydrogen-bond acceptors (Lipinski definition) is 7. The van der Waals surface area contributed by atoms with Crippen LogP contribution in [0.15, 0.2) is 68.7 Å². The summed E-state index contributed by atoms with van der Waals surface area (Å²) >= 11 is 2.50. The van der Waals surface area contributed by atoms with Crippen LogP contribution in [0, 0.1) is 0 Å². The van der Waals surface area contributed by atoms with Crippen molar-refractivity contribution in [1.29, 1.82) is 0 Å². The van der Waals surface area contributed by atoms with Crippen molar-refractivity contribution in [2.75, 3.05) is 7.05 Å². The Bertz CT molecular complexity index is 725. The van der Waals surface area contributed by atoms with E-state index in [0.29, 0.717) is 19.9 Å². The van der Waals surface area contributed by atoms with Gasteiger partial charge in [-0.15, -0.1) is 0 Å². The maximum absolute atomic E-state index is 12.4. The molecule has 3 rings (SSSR count). The topological polar surface area (TPSA) is 78.4 Å². The van der Waals surface area contributed by atoms with Gasteiger partial charge in [-0.1, -0.05) is 35.7 Å². The molecule has 8 heteroatoms. The molecule has 3 heterocycles. The monoisotopic (exact) mass is 346 g/mol. The van der Waals surface area contributed by atoms with E-state index in [-0.39, 0.29) is 5.91 Å². The Hall–Kier alpha value is -1.87. The molecule has 1 aliphatic rings. The minimum atomic E-state index is -0.939. The fraction of sp³-hybridized carbons (Fsp3) is 0.133. The summed E-state index contributed by atoms with van der Waals surface area (Å²) in [6.07, 6.45) is 2.40. The van der Waals surface area contributed by atoms with E-state index in [1.54, 1.807) is 19.4 Å². The Kier molecular flexibility index (Phi) is 4.97. The van der Waals surface area contributed by atoms with Crippen molar-refractivity contribution in [3.05, 3.63) is 58.6 Å². The molecule has 0 bridgehead atoms. The Morgan fingerprint density at radius 2 is 1.70 bits per heavy atom. The number of nitrogens with one attached hydrogen (secondary N) is 1. The number of rotatable bonds is 4. The second-order valence-electron chi connectivity index (χ2n) is 4.66. The van der Waals surface area contributed by atoms with Crippen LogP contribution in [0.2, 0.25) is 0 Å². The molecular weight excluding hydrogens is 332 g/mol. The molecule has 1 unspecified atom stereocenters. The first-order valence-corrected chi connectivity index (χ1v) is 8.42. The van der Waals surface area contributed by atoms with Crippen molar-refractivity contribution in [2.45, 2.75) is 16.3 Å². The van der Waals surface area contributed by atoms with E-state index in [4.69, 9.17) is 0 Å². The molecule has 6 nitrogen and oxygen atoms in total. The number of nitrogens with zero attached hydrogens (tertiary/aromatic N) is 3. The van der Waals surface area contributed by atoms with Gasteiger partial charge in [-0.2, -0.15) is 5.01 Å². The highest BCUT2D eigenvalue weighted by atomic mass is 32.2. The summed E-state index contributed by atoms with van der Waals surface area (Å²) in [7, 11) is 1.61. The van der Waals surface area contributed by atoms with Gasteiger partial charge in [0.1, 0.15) is 10.1 Å². The predicted octanol–water partition coefficient (Wildman–Crippen LogP) is 1.87. The largest absolute Gasteiger partial charge is 0.372 e. The Morgan fingerprint density at radius 1 is 1.09 bits per heavy atom. The first kappa shape index (κ1) is 16.0. The van der Waals surface area contributed by atoms with E-state index < -0.39 is 6.23 Å². The van der Waals surface area contributed by atoms with Crippen LogP contribution in [0.3, 0.4) is 0 Å². The average Bonchev–Trinajstić information content (AvgIpc) is 2.58. The van der Waals surface area contributed by atoms with Crippen LogP contribution in [0.25, 0.3) is 0 Å². The van der Waals surface area contributed by atoms with Gasteiger partial charge in [0.25, 0.3) is 5.91 Å². The van der Waals surface area contributed by atoms with Crippen molar-refractivity contribution in [2.24, 2.45) is 0 Å². The molecule has 0 aliphatic carbocycles. The lowest BCUT2D eigenvalue weighted by Gasteiger charge is -2.31. The molecule has 1 aliphatic heterocycles. The molecule has 2 N–H and O–H groups in total. The number of aromatic nitrogens is 2. The van der Waals surface area contributed by atoms with Crippen LogP contribution >= 0.6 is 23.5 Å². The summed E-state index contributed by atoms with van der Waals surface area (Å²) in [4.78, 5) is 21.8. The molecule has 0 fully saturated rings. The van der Waals surface area contributed by atoms with Gasteiger partial charge in [0.2, 0.25) is 0 Å². The maximum Gasteiger partial charge on any atom is 0.273 e. The summed E-state index contributed by atoms with van der Waals surface area (Å²) in [6.45, 7) is 0. The summed E-state index contributed by atoms with van der Waals surface area (Å²) in [5, 5.41) is 13.2. The highest BCUT2D eigenvalue weighted by molar-refractivity contribution is 8.07. The highest BCUT2D eigenvalue weighted by Gasteiger charge is 2.32. The number of carbonyl (C=O) groups excluding carboxylic acids is 1. The van der Waals surface area contributed by atoms with Gasteiger partial charge in [0, 0.05) is 19.4 Å². The van der Waals surface area contributed by atoms with E-state index >= 15 is 0 Å². The zero-order valence-electron chi connectivity index (χ0n) is 12.2.